The highest BCUT2D eigenvalue weighted by atomic mass is 16.2. The number of hydrogen-bond donors (Lipinski definition) is 0. The predicted molar refractivity (Wildman–Crippen MR) is 113 cm³/mol. The van der Waals surface area contributed by atoms with Crippen molar-refractivity contribution in [2.45, 2.75) is 25.3 Å². The summed E-state index contributed by atoms with van der Waals surface area (Å²) in [5.74, 6) is 0.316. The van der Waals surface area contributed by atoms with Crippen LogP contribution in [-0.2, 0) is 4.79 Å². The van der Waals surface area contributed by atoms with E-state index < -0.39 is 0 Å². The van der Waals surface area contributed by atoms with E-state index in [1.54, 1.807) is 0 Å². The van der Waals surface area contributed by atoms with Crippen molar-refractivity contribution in [3.05, 3.63) is 71.8 Å². The number of rotatable bonds is 5. The Labute approximate surface area is 168 Å². The summed E-state index contributed by atoms with van der Waals surface area (Å²) in [6, 6.07) is 21.8. The highest BCUT2D eigenvalue weighted by Gasteiger charge is 2.28. The molecule has 2 fully saturated rings. The molecule has 0 unspecified atom stereocenters. The van der Waals surface area contributed by atoms with E-state index in [4.69, 9.17) is 0 Å². The lowest BCUT2D eigenvalue weighted by molar-refractivity contribution is -0.133. The van der Waals surface area contributed by atoms with Crippen LogP contribution in [0.3, 0.4) is 0 Å². The average Bonchev–Trinajstić information content (AvgIpc) is 2.77. The number of hydrogen-bond acceptors (Lipinski definition) is 3. The van der Waals surface area contributed by atoms with Crippen molar-refractivity contribution < 1.29 is 4.79 Å². The van der Waals surface area contributed by atoms with Crippen molar-refractivity contribution >= 4 is 5.91 Å². The number of amides is 1. The molecule has 0 spiro atoms. The maximum Gasteiger partial charge on any atom is 0.236 e. The molecule has 0 N–H and O–H groups in total. The van der Waals surface area contributed by atoms with E-state index in [1.165, 1.54) is 17.5 Å². The summed E-state index contributed by atoms with van der Waals surface area (Å²) >= 11 is 0. The largest absolute Gasteiger partial charge is 0.342 e. The average molecular weight is 378 g/mol. The number of piperidine rings is 1. The quantitative estimate of drug-likeness (QED) is 0.799. The molecule has 4 nitrogen and oxygen atoms in total. The molecule has 2 aromatic rings. The molecule has 2 aromatic carbocycles. The molecule has 0 aromatic heterocycles. The second kappa shape index (κ2) is 9.35. The van der Waals surface area contributed by atoms with Gasteiger partial charge in [-0.15, -0.1) is 0 Å². The summed E-state index contributed by atoms with van der Waals surface area (Å²) in [6.07, 6.45) is 3.59. The zero-order valence-electron chi connectivity index (χ0n) is 16.7. The molecule has 1 amide bonds. The van der Waals surface area contributed by atoms with Gasteiger partial charge in [-0.1, -0.05) is 60.7 Å². The Kier molecular flexibility index (Phi) is 6.40. The monoisotopic (exact) mass is 377 g/mol. The fraction of sp³-hybridized carbons (Fsp3) is 0.458. The van der Waals surface area contributed by atoms with Crippen LogP contribution in [0.25, 0.3) is 0 Å². The van der Waals surface area contributed by atoms with Crippen molar-refractivity contribution in [2.75, 3.05) is 45.8 Å². The Hall–Kier alpha value is -2.17. The zero-order valence-corrected chi connectivity index (χ0v) is 16.7. The summed E-state index contributed by atoms with van der Waals surface area (Å²) in [5, 5.41) is 0. The predicted octanol–water partition coefficient (Wildman–Crippen LogP) is 3.41. The Morgan fingerprint density at radius 1 is 0.714 bits per heavy atom. The molecule has 148 valence electrons. The van der Waals surface area contributed by atoms with Crippen molar-refractivity contribution in [3.8, 4) is 0 Å². The lowest BCUT2D eigenvalue weighted by Gasteiger charge is -2.40. The SMILES string of the molecule is O=C(CN1CCN(C(c2ccccc2)c2ccccc2)CC1)N1CCCCC1. The number of carbonyl (C=O) groups is 1. The summed E-state index contributed by atoms with van der Waals surface area (Å²) < 4.78 is 0. The molecular formula is C24H31N3O. The molecule has 28 heavy (non-hydrogen) atoms. The van der Waals surface area contributed by atoms with Gasteiger partial charge in [0.15, 0.2) is 0 Å². The number of benzene rings is 2. The number of piperazine rings is 1. The summed E-state index contributed by atoms with van der Waals surface area (Å²) in [4.78, 5) is 19.6. The van der Waals surface area contributed by atoms with Gasteiger partial charge in [0.05, 0.1) is 12.6 Å². The second-order valence-corrected chi connectivity index (χ2v) is 7.98. The van der Waals surface area contributed by atoms with E-state index in [-0.39, 0.29) is 6.04 Å². The van der Waals surface area contributed by atoms with Crippen LogP contribution in [0.2, 0.25) is 0 Å². The first-order chi connectivity index (χ1) is 13.8. The fourth-order valence-electron chi connectivity index (χ4n) is 4.50. The minimum atomic E-state index is 0.280. The Bertz CT molecular complexity index is 695. The fourth-order valence-corrected chi connectivity index (χ4v) is 4.50. The molecule has 0 aliphatic carbocycles. The first-order valence-electron chi connectivity index (χ1n) is 10.7. The third-order valence-corrected chi connectivity index (χ3v) is 6.07. The lowest BCUT2D eigenvalue weighted by Crippen LogP contribution is -2.51. The molecule has 2 aliphatic heterocycles. The van der Waals surface area contributed by atoms with Gasteiger partial charge in [-0.25, -0.2) is 0 Å². The van der Waals surface area contributed by atoms with E-state index >= 15 is 0 Å². The molecule has 0 atom stereocenters. The molecule has 0 bridgehead atoms. The Morgan fingerprint density at radius 3 is 1.79 bits per heavy atom. The van der Waals surface area contributed by atoms with Gasteiger partial charge in [-0.05, 0) is 30.4 Å². The van der Waals surface area contributed by atoms with Crippen LogP contribution in [0.1, 0.15) is 36.4 Å². The summed E-state index contributed by atoms with van der Waals surface area (Å²) in [5.41, 5.74) is 2.68. The van der Waals surface area contributed by atoms with Gasteiger partial charge >= 0.3 is 0 Å². The van der Waals surface area contributed by atoms with Crippen LogP contribution < -0.4 is 0 Å². The molecule has 2 heterocycles. The summed E-state index contributed by atoms with van der Waals surface area (Å²) in [7, 11) is 0. The van der Waals surface area contributed by atoms with Crippen molar-refractivity contribution in [1.29, 1.82) is 0 Å². The van der Waals surface area contributed by atoms with Crippen molar-refractivity contribution in [2.24, 2.45) is 0 Å². The molecule has 0 radical (unpaired) electrons. The third kappa shape index (κ3) is 4.62. The van der Waals surface area contributed by atoms with Gasteiger partial charge in [0, 0.05) is 39.3 Å². The highest BCUT2D eigenvalue weighted by Crippen LogP contribution is 2.29. The molecule has 4 rings (SSSR count). The molecular weight excluding hydrogens is 346 g/mol. The van der Waals surface area contributed by atoms with E-state index in [0.29, 0.717) is 12.5 Å². The van der Waals surface area contributed by atoms with E-state index in [1.807, 2.05) is 0 Å². The maximum absolute atomic E-state index is 12.6. The van der Waals surface area contributed by atoms with Crippen molar-refractivity contribution in [1.82, 2.24) is 14.7 Å². The van der Waals surface area contributed by atoms with Gasteiger partial charge in [0.1, 0.15) is 0 Å². The van der Waals surface area contributed by atoms with Crippen LogP contribution >= 0.6 is 0 Å². The van der Waals surface area contributed by atoms with E-state index in [2.05, 4.69) is 75.4 Å². The molecule has 0 saturated carbocycles. The first kappa shape index (κ1) is 19.2. The zero-order chi connectivity index (χ0) is 19.2. The normalized spacial score (nSPS) is 19.1. The van der Waals surface area contributed by atoms with Crippen LogP contribution in [0.15, 0.2) is 60.7 Å². The second-order valence-electron chi connectivity index (χ2n) is 7.98. The lowest BCUT2D eigenvalue weighted by atomic mass is 9.96. The van der Waals surface area contributed by atoms with Gasteiger partial charge in [0.2, 0.25) is 5.91 Å². The van der Waals surface area contributed by atoms with Gasteiger partial charge in [-0.2, -0.15) is 0 Å². The molecule has 4 heteroatoms. The van der Waals surface area contributed by atoms with Crippen LogP contribution in [-0.4, -0.2) is 66.4 Å². The molecule has 2 aliphatic rings. The summed E-state index contributed by atoms with van der Waals surface area (Å²) in [6.45, 7) is 6.36. The van der Waals surface area contributed by atoms with E-state index in [0.717, 1.165) is 52.1 Å². The highest BCUT2D eigenvalue weighted by molar-refractivity contribution is 5.78. The van der Waals surface area contributed by atoms with Crippen molar-refractivity contribution in [3.63, 3.8) is 0 Å². The number of nitrogens with zero attached hydrogens (tertiary/aromatic N) is 3. The van der Waals surface area contributed by atoms with Gasteiger partial charge in [-0.3, -0.25) is 14.6 Å². The third-order valence-electron chi connectivity index (χ3n) is 6.07. The minimum Gasteiger partial charge on any atom is -0.342 e. The number of likely N-dealkylation sites (tertiary alicyclic amines) is 1. The van der Waals surface area contributed by atoms with Crippen LogP contribution in [0, 0.1) is 0 Å². The topological polar surface area (TPSA) is 26.8 Å². The molecule has 2 saturated heterocycles. The van der Waals surface area contributed by atoms with Gasteiger partial charge < -0.3 is 4.90 Å². The van der Waals surface area contributed by atoms with Crippen LogP contribution in [0.4, 0.5) is 0 Å². The standard InChI is InChI=1S/C24H31N3O/c28-23(26-14-8-3-9-15-26)20-25-16-18-27(19-17-25)24(21-10-4-1-5-11-21)22-12-6-2-7-13-22/h1-2,4-7,10-13,24H,3,8-9,14-20H2. The van der Waals surface area contributed by atoms with Crippen LogP contribution in [0.5, 0.6) is 0 Å². The maximum atomic E-state index is 12.6. The van der Waals surface area contributed by atoms with Gasteiger partial charge in [0.25, 0.3) is 0 Å². The Morgan fingerprint density at radius 2 is 1.25 bits per heavy atom. The first-order valence-corrected chi connectivity index (χ1v) is 10.7. The number of carbonyl (C=O) groups excluding carboxylic acids is 1. The Balaban J connectivity index is 1.40. The van der Waals surface area contributed by atoms with E-state index in [9.17, 15) is 4.79 Å². The minimum absolute atomic E-state index is 0.280. The smallest absolute Gasteiger partial charge is 0.236 e.